The number of amides is 1. The summed E-state index contributed by atoms with van der Waals surface area (Å²) in [4.78, 5) is 12.0. The van der Waals surface area contributed by atoms with Crippen molar-refractivity contribution in [2.24, 2.45) is 11.5 Å². The number of benzene rings is 1. The highest BCUT2D eigenvalue weighted by molar-refractivity contribution is 7.15. The fourth-order valence-electron chi connectivity index (χ4n) is 2.37. The molecule has 28 heavy (non-hydrogen) atoms. The number of carbonyl (C=O) groups excluding carboxylic acids is 1. The van der Waals surface area contributed by atoms with Crippen molar-refractivity contribution in [1.82, 2.24) is 15.5 Å². The third kappa shape index (κ3) is 7.75. The summed E-state index contributed by atoms with van der Waals surface area (Å²) in [6, 6.07) is 5.97. The van der Waals surface area contributed by atoms with Gasteiger partial charge in [-0.15, -0.1) is 10.2 Å². The molecule has 1 amide bonds. The number of anilines is 1. The van der Waals surface area contributed by atoms with Gasteiger partial charge in [-0.1, -0.05) is 23.5 Å². The molecule has 1 aromatic heterocycles. The van der Waals surface area contributed by atoms with Crippen molar-refractivity contribution in [1.29, 1.82) is 0 Å². The average molecular weight is 405 g/mol. The second-order valence-electron chi connectivity index (χ2n) is 6.18. The molecule has 0 bridgehead atoms. The number of aryl methyl sites for hydroxylation is 1. The molecule has 150 valence electrons. The summed E-state index contributed by atoms with van der Waals surface area (Å²) >= 11 is 1.34. The summed E-state index contributed by atoms with van der Waals surface area (Å²) in [6.07, 6.45) is 6.97. The first kappa shape index (κ1) is 21.4. The summed E-state index contributed by atoms with van der Waals surface area (Å²) < 4.78 is 13.2. The molecule has 0 fully saturated rings. The Labute approximate surface area is 167 Å². The van der Waals surface area contributed by atoms with Crippen molar-refractivity contribution < 1.29 is 9.18 Å². The zero-order chi connectivity index (χ0) is 20.4. The van der Waals surface area contributed by atoms with E-state index in [9.17, 15) is 9.18 Å². The third-order valence-electron chi connectivity index (χ3n) is 3.84. The number of aromatic nitrogens is 2. The summed E-state index contributed by atoms with van der Waals surface area (Å²) in [6.45, 7) is 0. The van der Waals surface area contributed by atoms with Crippen LogP contribution in [0.25, 0.3) is 0 Å². The van der Waals surface area contributed by atoms with Crippen molar-refractivity contribution in [2.75, 3.05) is 12.4 Å². The molecule has 2 rings (SSSR count). The lowest BCUT2D eigenvalue weighted by atomic mass is 10.1. The maximum absolute atomic E-state index is 13.2. The molecular weight excluding hydrogens is 379 g/mol. The highest BCUT2D eigenvalue weighted by Gasteiger charge is 2.09. The highest BCUT2D eigenvalue weighted by atomic mass is 32.1. The van der Waals surface area contributed by atoms with Crippen LogP contribution in [0.5, 0.6) is 0 Å². The Bertz CT molecular complexity index is 848. The van der Waals surface area contributed by atoms with E-state index >= 15 is 0 Å². The normalized spacial score (nSPS) is 12.1. The van der Waals surface area contributed by atoms with Crippen LogP contribution in [0.1, 0.15) is 29.8 Å². The molecule has 0 saturated carbocycles. The number of nitrogens with two attached hydrogens (primary N) is 2. The van der Waals surface area contributed by atoms with Gasteiger partial charge >= 0.3 is 0 Å². The number of halogens is 1. The lowest BCUT2D eigenvalue weighted by Crippen LogP contribution is -2.14. The smallest absolute Gasteiger partial charge is 0.230 e. The predicted octanol–water partition coefficient (Wildman–Crippen LogP) is 2.43. The minimum Gasteiger partial charge on any atom is -0.402 e. The molecule has 0 spiro atoms. The topological polar surface area (TPSA) is 119 Å². The van der Waals surface area contributed by atoms with Crippen LogP contribution in [-0.4, -0.2) is 23.2 Å². The Kier molecular flexibility index (Phi) is 8.41. The van der Waals surface area contributed by atoms with E-state index < -0.39 is 0 Å². The van der Waals surface area contributed by atoms with E-state index in [1.165, 1.54) is 23.5 Å². The minimum absolute atomic E-state index is 0.0881. The fourth-order valence-corrected chi connectivity index (χ4v) is 3.17. The number of hydrogen-bond donors (Lipinski definition) is 4. The van der Waals surface area contributed by atoms with Gasteiger partial charge in [0, 0.05) is 19.2 Å². The summed E-state index contributed by atoms with van der Waals surface area (Å²) in [5.74, 6) is -0.0515. The van der Waals surface area contributed by atoms with Crippen LogP contribution in [-0.2, 0) is 17.6 Å². The zero-order valence-electron chi connectivity index (χ0n) is 15.7. The van der Waals surface area contributed by atoms with E-state index in [4.69, 9.17) is 11.5 Å². The second-order valence-corrected chi connectivity index (χ2v) is 7.24. The van der Waals surface area contributed by atoms with Gasteiger partial charge in [-0.25, -0.2) is 4.39 Å². The van der Waals surface area contributed by atoms with E-state index in [0.717, 1.165) is 36.4 Å². The molecule has 9 heteroatoms. The number of hydrogen-bond acceptors (Lipinski definition) is 7. The van der Waals surface area contributed by atoms with Gasteiger partial charge in [0.1, 0.15) is 10.8 Å². The zero-order valence-corrected chi connectivity index (χ0v) is 16.6. The van der Waals surface area contributed by atoms with Gasteiger partial charge in [-0.2, -0.15) is 0 Å². The molecule has 0 saturated heterocycles. The molecule has 0 aliphatic carbocycles. The van der Waals surface area contributed by atoms with E-state index in [0.29, 0.717) is 16.5 Å². The molecule has 0 aliphatic heterocycles. The quantitative estimate of drug-likeness (QED) is 0.357. The second kappa shape index (κ2) is 11.0. The number of unbranched alkanes of at least 4 members (excludes halogenated alkanes) is 1. The Morgan fingerprint density at radius 2 is 2.07 bits per heavy atom. The summed E-state index contributed by atoms with van der Waals surface area (Å²) in [5.41, 5.74) is 12.9. The fraction of sp³-hybridized carbons (Fsp3) is 0.316. The molecule has 2 aromatic rings. The van der Waals surface area contributed by atoms with Gasteiger partial charge in [-0.05, 0) is 49.1 Å². The standard InChI is InChI=1S/C19H25FN6OS/c1-23-16(22)10-9-15(21)7-2-3-8-18-25-26-19(28-18)24-17(27)12-13-5-4-6-14(20)11-13/h4-6,9-11,23H,2-3,7-8,12,21-22H2,1H3,(H,24,26,27)/b15-9-,16-10+. The van der Waals surface area contributed by atoms with Crippen molar-refractivity contribution in [2.45, 2.75) is 32.1 Å². The van der Waals surface area contributed by atoms with E-state index in [-0.39, 0.29) is 18.1 Å². The number of carbonyl (C=O) groups is 1. The van der Waals surface area contributed by atoms with Crippen LogP contribution >= 0.6 is 11.3 Å². The van der Waals surface area contributed by atoms with E-state index in [1.807, 2.05) is 0 Å². The van der Waals surface area contributed by atoms with Crippen molar-refractivity contribution in [3.8, 4) is 0 Å². The average Bonchev–Trinajstić information content (AvgIpc) is 3.10. The first-order chi connectivity index (χ1) is 13.5. The lowest BCUT2D eigenvalue weighted by molar-refractivity contribution is -0.115. The van der Waals surface area contributed by atoms with Gasteiger partial charge in [0.15, 0.2) is 0 Å². The van der Waals surface area contributed by atoms with Gasteiger partial charge in [0.25, 0.3) is 0 Å². The first-order valence-electron chi connectivity index (χ1n) is 8.92. The Morgan fingerprint density at radius 1 is 1.25 bits per heavy atom. The van der Waals surface area contributed by atoms with Crippen LogP contribution in [0.3, 0.4) is 0 Å². The molecular formula is C19H25FN6OS. The molecule has 0 atom stereocenters. The van der Waals surface area contributed by atoms with E-state index in [2.05, 4.69) is 20.8 Å². The maximum Gasteiger partial charge on any atom is 0.230 e. The Morgan fingerprint density at radius 3 is 2.82 bits per heavy atom. The molecule has 6 N–H and O–H groups in total. The van der Waals surface area contributed by atoms with Crippen molar-refractivity contribution in [3.05, 3.63) is 64.3 Å². The van der Waals surface area contributed by atoms with Crippen LogP contribution in [0.2, 0.25) is 0 Å². The summed E-state index contributed by atoms with van der Waals surface area (Å²) in [7, 11) is 1.75. The largest absolute Gasteiger partial charge is 0.402 e. The van der Waals surface area contributed by atoms with Crippen LogP contribution < -0.4 is 22.1 Å². The van der Waals surface area contributed by atoms with Crippen LogP contribution in [0.4, 0.5) is 9.52 Å². The first-order valence-corrected chi connectivity index (χ1v) is 9.74. The molecule has 0 radical (unpaired) electrons. The van der Waals surface area contributed by atoms with Crippen molar-refractivity contribution >= 4 is 22.4 Å². The predicted molar refractivity (Wildman–Crippen MR) is 110 cm³/mol. The third-order valence-corrected chi connectivity index (χ3v) is 4.74. The minimum atomic E-state index is -0.361. The Hall–Kier alpha value is -2.94. The molecule has 0 unspecified atom stereocenters. The molecule has 1 heterocycles. The van der Waals surface area contributed by atoms with Gasteiger partial charge in [0.2, 0.25) is 11.0 Å². The van der Waals surface area contributed by atoms with Gasteiger partial charge < -0.3 is 22.1 Å². The van der Waals surface area contributed by atoms with Gasteiger partial charge in [0.05, 0.1) is 12.2 Å². The number of rotatable bonds is 10. The van der Waals surface area contributed by atoms with E-state index in [1.54, 1.807) is 31.3 Å². The van der Waals surface area contributed by atoms with Crippen LogP contribution in [0.15, 0.2) is 47.9 Å². The molecule has 0 aliphatic rings. The lowest BCUT2D eigenvalue weighted by Gasteiger charge is -2.01. The summed E-state index contributed by atoms with van der Waals surface area (Å²) in [5, 5.41) is 14.9. The number of nitrogens with zero attached hydrogens (tertiary/aromatic N) is 2. The number of allylic oxidation sites excluding steroid dienone is 3. The van der Waals surface area contributed by atoms with Crippen molar-refractivity contribution in [3.63, 3.8) is 0 Å². The Balaban J connectivity index is 1.72. The maximum atomic E-state index is 13.2. The molecule has 1 aromatic carbocycles. The number of nitrogens with one attached hydrogen (secondary N) is 2. The monoisotopic (exact) mass is 404 g/mol. The SMILES string of the molecule is CN/C(N)=C/C=C(\N)CCCCc1nnc(NC(=O)Cc2cccc(F)c2)s1. The highest BCUT2D eigenvalue weighted by Crippen LogP contribution is 2.18. The van der Waals surface area contributed by atoms with Gasteiger partial charge in [-0.3, -0.25) is 4.79 Å². The molecule has 7 nitrogen and oxygen atoms in total. The van der Waals surface area contributed by atoms with Crippen LogP contribution in [0, 0.1) is 5.82 Å².